The first-order chi connectivity index (χ1) is 7.65. The number of ether oxygens (including phenoxy) is 1. The second kappa shape index (κ2) is 6.11. The number of carbonyl (C=O) groups excluding carboxylic acids is 2. The van der Waals surface area contributed by atoms with Gasteiger partial charge < -0.3 is 4.74 Å². The van der Waals surface area contributed by atoms with E-state index < -0.39 is 11.9 Å². The van der Waals surface area contributed by atoms with E-state index in [-0.39, 0.29) is 19.0 Å². The molecule has 88 valence electrons. The number of hydrogen-bond donors (Lipinski definition) is 2. The number of H-pyrrole nitrogens is 1. The Balaban J connectivity index is 2.42. The van der Waals surface area contributed by atoms with Crippen LogP contribution in [0, 0.1) is 0 Å². The molecule has 0 fully saturated rings. The summed E-state index contributed by atoms with van der Waals surface area (Å²) in [6.07, 6.45) is 1.48. The summed E-state index contributed by atoms with van der Waals surface area (Å²) in [5, 5.41) is 9.25. The molecular weight excluding hydrogens is 232 g/mol. The Bertz CT molecular complexity index is 379. The molecule has 0 unspecified atom stereocenters. The van der Waals surface area contributed by atoms with E-state index in [0.717, 1.165) is 0 Å². The molecule has 0 radical (unpaired) electrons. The van der Waals surface area contributed by atoms with Gasteiger partial charge in [0.15, 0.2) is 0 Å². The fraction of sp³-hybridized carbons (Fsp3) is 0.500. The molecule has 0 aliphatic heterocycles. The quantitative estimate of drug-likeness (QED) is 0.442. The lowest BCUT2D eigenvalue weighted by molar-refractivity contribution is -0.145. The molecule has 1 amide bonds. The predicted octanol–water partition coefficient (Wildman–Crippen LogP) is 0.418. The Hall–Kier alpha value is -1.57. The van der Waals surface area contributed by atoms with Crippen molar-refractivity contribution in [2.45, 2.75) is 18.5 Å². The fourth-order valence-corrected chi connectivity index (χ4v) is 1.23. The summed E-state index contributed by atoms with van der Waals surface area (Å²) in [6, 6.07) is 0. The molecule has 1 heterocycles. The van der Waals surface area contributed by atoms with E-state index in [1.807, 2.05) is 6.26 Å². The van der Waals surface area contributed by atoms with Crippen LogP contribution in [-0.2, 0) is 14.3 Å². The third-order valence-corrected chi connectivity index (χ3v) is 2.06. The average molecular weight is 244 g/mol. The van der Waals surface area contributed by atoms with Crippen LogP contribution in [0.4, 0.5) is 5.95 Å². The highest BCUT2D eigenvalue weighted by Gasteiger charge is 2.12. The first-order valence-electron chi connectivity index (χ1n) is 4.57. The summed E-state index contributed by atoms with van der Waals surface area (Å²) in [6.45, 7) is 1.93. The predicted molar refractivity (Wildman–Crippen MR) is 58.0 cm³/mol. The van der Waals surface area contributed by atoms with Gasteiger partial charge in [0.05, 0.1) is 6.61 Å². The zero-order valence-corrected chi connectivity index (χ0v) is 9.76. The smallest absolute Gasteiger partial charge is 0.315 e. The first-order valence-corrected chi connectivity index (χ1v) is 5.80. The van der Waals surface area contributed by atoms with Gasteiger partial charge in [-0.15, -0.1) is 5.10 Å². The van der Waals surface area contributed by atoms with Crippen molar-refractivity contribution in [3.05, 3.63) is 0 Å². The molecular formula is C8H12N4O3S. The number of thioether (sulfide) groups is 1. The van der Waals surface area contributed by atoms with Crippen LogP contribution in [-0.4, -0.2) is 39.9 Å². The largest absolute Gasteiger partial charge is 0.466 e. The number of aromatic nitrogens is 3. The Morgan fingerprint density at radius 2 is 2.31 bits per heavy atom. The van der Waals surface area contributed by atoms with Crippen molar-refractivity contribution in [1.82, 2.24) is 15.2 Å². The minimum Gasteiger partial charge on any atom is -0.466 e. The fourth-order valence-electron chi connectivity index (χ4n) is 0.913. The number of carbonyl (C=O) groups is 2. The molecule has 0 saturated heterocycles. The van der Waals surface area contributed by atoms with Crippen LogP contribution >= 0.6 is 11.8 Å². The average Bonchev–Trinajstić information content (AvgIpc) is 2.65. The molecule has 0 saturated carbocycles. The Labute approximate surface area is 96.3 Å². The van der Waals surface area contributed by atoms with Gasteiger partial charge in [0, 0.05) is 0 Å². The van der Waals surface area contributed by atoms with Crippen LogP contribution in [0.25, 0.3) is 0 Å². The van der Waals surface area contributed by atoms with Crippen LogP contribution in [0.15, 0.2) is 5.16 Å². The summed E-state index contributed by atoms with van der Waals surface area (Å²) < 4.78 is 4.63. The van der Waals surface area contributed by atoms with Gasteiger partial charge in [-0.25, -0.2) is 5.10 Å². The number of amides is 1. The standard InChI is InChI=1S/C8H12N4O3S/c1-3-15-6(14)4-5(13)9-7-10-8(16-2)12-11-7/h3-4H2,1-2H3,(H2,9,10,11,12,13). The lowest BCUT2D eigenvalue weighted by atomic mass is 10.4. The van der Waals surface area contributed by atoms with Gasteiger partial charge >= 0.3 is 5.97 Å². The molecule has 0 spiro atoms. The maximum atomic E-state index is 11.3. The summed E-state index contributed by atoms with van der Waals surface area (Å²) in [7, 11) is 0. The zero-order chi connectivity index (χ0) is 12.0. The number of hydrogen-bond acceptors (Lipinski definition) is 6. The van der Waals surface area contributed by atoms with Gasteiger partial charge in [-0.05, 0) is 13.2 Å². The van der Waals surface area contributed by atoms with E-state index in [1.54, 1.807) is 6.92 Å². The number of nitrogens with zero attached hydrogens (tertiary/aromatic N) is 2. The molecule has 1 aromatic heterocycles. The van der Waals surface area contributed by atoms with Gasteiger partial charge in [-0.1, -0.05) is 11.8 Å². The van der Waals surface area contributed by atoms with Crippen LogP contribution in [0.1, 0.15) is 13.3 Å². The highest BCUT2D eigenvalue weighted by atomic mass is 32.2. The molecule has 1 rings (SSSR count). The van der Waals surface area contributed by atoms with Gasteiger partial charge in [0.1, 0.15) is 6.42 Å². The van der Waals surface area contributed by atoms with Crippen molar-refractivity contribution < 1.29 is 14.3 Å². The van der Waals surface area contributed by atoms with Crippen molar-refractivity contribution in [1.29, 1.82) is 0 Å². The third-order valence-electron chi connectivity index (χ3n) is 1.52. The summed E-state index contributed by atoms with van der Waals surface area (Å²) >= 11 is 1.34. The van der Waals surface area contributed by atoms with Crippen molar-refractivity contribution in [3.8, 4) is 0 Å². The van der Waals surface area contributed by atoms with Crippen molar-refractivity contribution in [3.63, 3.8) is 0 Å². The molecule has 7 nitrogen and oxygen atoms in total. The lowest BCUT2D eigenvalue weighted by Gasteiger charge is -2.01. The van der Waals surface area contributed by atoms with Crippen molar-refractivity contribution in [2.24, 2.45) is 0 Å². The topological polar surface area (TPSA) is 97.0 Å². The Kier molecular flexibility index (Phi) is 4.77. The molecule has 1 aromatic rings. The van der Waals surface area contributed by atoms with E-state index in [0.29, 0.717) is 5.16 Å². The Morgan fingerprint density at radius 1 is 1.56 bits per heavy atom. The minimum absolute atomic E-state index is 0.221. The summed E-state index contributed by atoms with van der Waals surface area (Å²) in [5.41, 5.74) is 0. The van der Waals surface area contributed by atoms with E-state index >= 15 is 0 Å². The third kappa shape index (κ3) is 3.89. The molecule has 0 aliphatic rings. The van der Waals surface area contributed by atoms with Crippen LogP contribution in [0.3, 0.4) is 0 Å². The van der Waals surface area contributed by atoms with Crippen LogP contribution < -0.4 is 5.32 Å². The van der Waals surface area contributed by atoms with Gasteiger partial charge in [-0.3, -0.25) is 14.9 Å². The lowest BCUT2D eigenvalue weighted by Crippen LogP contribution is -2.18. The number of rotatable bonds is 5. The molecule has 0 atom stereocenters. The maximum Gasteiger partial charge on any atom is 0.315 e. The molecule has 2 N–H and O–H groups in total. The van der Waals surface area contributed by atoms with Crippen LogP contribution in [0.2, 0.25) is 0 Å². The summed E-state index contributed by atoms with van der Waals surface area (Å²) in [5.74, 6) is -0.828. The first kappa shape index (κ1) is 12.5. The van der Waals surface area contributed by atoms with E-state index in [4.69, 9.17) is 0 Å². The molecule has 0 bridgehead atoms. The monoisotopic (exact) mass is 244 g/mol. The van der Waals surface area contributed by atoms with E-state index in [2.05, 4.69) is 25.2 Å². The van der Waals surface area contributed by atoms with Crippen molar-refractivity contribution in [2.75, 3.05) is 18.2 Å². The van der Waals surface area contributed by atoms with Gasteiger partial charge in [0.25, 0.3) is 0 Å². The highest BCUT2D eigenvalue weighted by Crippen LogP contribution is 2.09. The molecule has 8 heteroatoms. The van der Waals surface area contributed by atoms with E-state index in [9.17, 15) is 9.59 Å². The number of nitrogens with one attached hydrogen (secondary N) is 2. The second-order valence-corrected chi connectivity index (χ2v) is 3.47. The van der Waals surface area contributed by atoms with E-state index in [1.165, 1.54) is 11.8 Å². The normalized spacial score (nSPS) is 9.88. The molecule has 16 heavy (non-hydrogen) atoms. The minimum atomic E-state index is -0.565. The summed E-state index contributed by atoms with van der Waals surface area (Å²) in [4.78, 5) is 26.2. The second-order valence-electron chi connectivity index (χ2n) is 2.70. The maximum absolute atomic E-state index is 11.3. The van der Waals surface area contributed by atoms with Crippen molar-refractivity contribution >= 4 is 29.6 Å². The number of aromatic amines is 1. The number of anilines is 1. The Morgan fingerprint density at radius 3 is 2.88 bits per heavy atom. The molecule has 0 aromatic carbocycles. The SMILES string of the molecule is CCOC(=O)CC(=O)Nc1nc(SC)n[nH]1. The van der Waals surface area contributed by atoms with Gasteiger partial charge in [-0.2, -0.15) is 4.98 Å². The van der Waals surface area contributed by atoms with Gasteiger partial charge in [0.2, 0.25) is 17.0 Å². The molecule has 0 aliphatic carbocycles. The highest BCUT2D eigenvalue weighted by molar-refractivity contribution is 7.98. The number of esters is 1. The zero-order valence-electron chi connectivity index (χ0n) is 8.94. The van der Waals surface area contributed by atoms with Crippen LogP contribution in [0.5, 0.6) is 0 Å².